The first-order chi connectivity index (χ1) is 6.90. The molecular weight excluding hydrogens is 192 g/mol. The first-order valence-electron chi connectivity index (χ1n) is 4.27. The minimum atomic E-state index is 0.374. The third-order valence-electron chi connectivity index (χ3n) is 1.84. The summed E-state index contributed by atoms with van der Waals surface area (Å²) in [5, 5.41) is 10.6. The van der Waals surface area contributed by atoms with Gasteiger partial charge >= 0.3 is 0 Å². The van der Waals surface area contributed by atoms with Gasteiger partial charge in [0.1, 0.15) is 0 Å². The van der Waals surface area contributed by atoms with Crippen LogP contribution < -0.4 is 0 Å². The molecule has 0 N–H and O–H groups in total. The van der Waals surface area contributed by atoms with E-state index in [-0.39, 0.29) is 0 Å². The van der Waals surface area contributed by atoms with Gasteiger partial charge in [-0.15, -0.1) is 11.3 Å². The summed E-state index contributed by atoms with van der Waals surface area (Å²) in [6.07, 6.45) is 0.374. The van der Waals surface area contributed by atoms with E-state index in [0.717, 1.165) is 16.3 Å². The van der Waals surface area contributed by atoms with E-state index < -0.39 is 0 Å². The molecule has 0 radical (unpaired) electrons. The van der Waals surface area contributed by atoms with Gasteiger partial charge in [-0.05, 0) is 23.6 Å². The maximum atomic E-state index is 8.55. The molecule has 0 amide bonds. The second-order valence-electron chi connectivity index (χ2n) is 2.83. The van der Waals surface area contributed by atoms with Crippen molar-refractivity contribution in [3.63, 3.8) is 0 Å². The molecule has 2 rings (SSSR count). The molecule has 0 fully saturated rings. The van der Waals surface area contributed by atoms with Gasteiger partial charge in [0, 0.05) is 0 Å². The smallest absolute Gasteiger partial charge is 0.0805 e. The molecule has 0 aromatic carbocycles. The fourth-order valence-electron chi connectivity index (χ4n) is 1.22. The zero-order chi connectivity index (χ0) is 9.80. The van der Waals surface area contributed by atoms with Crippen molar-refractivity contribution in [1.82, 2.24) is 4.98 Å². The van der Waals surface area contributed by atoms with Gasteiger partial charge in [-0.25, -0.2) is 0 Å². The van der Waals surface area contributed by atoms with Gasteiger partial charge in [0.25, 0.3) is 0 Å². The molecular formula is C11H8N2S. The zero-order valence-electron chi connectivity index (χ0n) is 7.47. The Morgan fingerprint density at radius 1 is 1.29 bits per heavy atom. The molecule has 68 valence electrons. The average Bonchev–Trinajstić information content (AvgIpc) is 2.71. The monoisotopic (exact) mass is 200 g/mol. The first-order valence-corrected chi connectivity index (χ1v) is 5.15. The highest BCUT2D eigenvalue weighted by molar-refractivity contribution is 7.13. The molecule has 0 aliphatic carbocycles. The maximum absolute atomic E-state index is 8.55. The average molecular weight is 200 g/mol. The van der Waals surface area contributed by atoms with Gasteiger partial charge in [-0.2, -0.15) is 5.26 Å². The lowest BCUT2D eigenvalue weighted by Gasteiger charge is -1.98. The number of thiophene rings is 1. The molecule has 2 aromatic rings. The molecule has 0 aliphatic rings. The Hall–Kier alpha value is -1.66. The third kappa shape index (κ3) is 1.81. The lowest BCUT2D eigenvalue weighted by atomic mass is 10.2. The highest BCUT2D eigenvalue weighted by atomic mass is 32.1. The van der Waals surface area contributed by atoms with Crippen LogP contribution in [-0.2, 0) is 6.42 Å². The van der Waals surface area contributed by atoms with Gasteiger partial charge in [0.05, 0.1) is 28.8 Å². The quantitative estimate of drug-likeness (QED) is 0.747. The first kappa shape index (κ1) is 8.92. The number of hydrogen-bond donors (Lipinski definition) is 0. The van der Waals surface area contributed by atoms with Crippen molar-refractivity contribution in [3.05, 3.63) is 41.4 Å². The molecule has 0 aliphatic heterocycles. The molecule has 0 atom stereocenters. The van der Waals surface area contributed by atoms with E-state index in [1.807, 2.05) is 35.7 Å². The topological polar surface area (TPSA) is 36.7 Å². The Morgan fingerprint density at radius 2 is 2.21 bits per heavy atom. The van der Waals surface area contributed by atoms with Crippen molar-refractivity contribution in [2.24, 2.45) is 0 Å². The molecule has 0 bridgehead atoms. The van der Waals surface area contributed by atoms with Gasteiger partial charge in [-0.1, -0.05) is 12.1 Å². The van der Waals surface area contributed by atoms with Crippen LogP contribution in [-0.4, -0.2) is 4.98 Å². The van der Waals surface area contributed by atoms with E-state index in [9.17, 15) is 0 Å². The number of pyridine rings is 1. The van der Waals surface area contributed by atoms with Crippen molar-refractivity contribution in [3.8, 4) is 16.6 Å². The Labute approximate surface area is 86.5 Å². The highest BCUT2D eigenvalue weighted by Gasteiger charge is 2.00. The van der Waals surface area contributed by atoms with Crippen molar-refractivity contribution in [1.29, 1.82) is 5.26 Å². The minimum absolute atomic E-state index is 0.374. The summed E-state index contributed by atoms with van der Waals surface area (Å²) in [6.45, 7) is 0. The van der Waals surface area contributed by atoms with Crippen LogP contribution in [0.25, 0.3) is 10.6 Å². The summed E-state index contributed by atoms with van der Waals surface area (Å²) >= 11 is 1.66. The Morgan fingerprint density at radius 3 is 2.93 bits per heavy atom. The summed E-state index contributed by atoms with van der Waals surface area (Å²) in [6, 6.07) is 11.9. The van der Waals surface area contributed by atoms with E-state index in [2.05, 4.69) is 11.1 Å². The van der Waals surface area contributed by atoms with E-state index in [0.29, 0.717) is 6.42 Å². The van der Waals surface area contributed by atoms with E-state index in [4.69, 9.17) is 5.26 Å². The van der Waals surface area contributed by atoms with Crippen molar-refractivity contribution in [2.45, 2.75) is 6.42 Å². The van der Waals surface area contributed by atoms with E-state index in [1.54, 1.807) is 11.3 Å². The standard InChI is InChI=1S/C11H8N2S/c12-7-6-9-3-1-4-10(13-9)11-5-2-8-14-11/h1-5,8H,6H2. The van der Waals surface area contributed by atoms with E-state index >= 15 is 0 Å². The molecule has 2 nitrogen and oxygen atoms in total. The number of nitrogens with zero attached hydrogens (tertiary/aromatic N) is 2. The number of nitriles is 1. The van der Waals surface area contributed by atoms with Gasteiger partial charge in [0.2, 0.25) is 0 Å². The van der Waals surface area contributed by atoms with E-state index in [1.165, 1.54) is 0 Å². The number of rotatable bonds is 2. The molecule has 0 saturated carbocycles. The summed E-state index contributed by atoms with van der Waals surface area (Å²) in [7, 11) is 0. The predicted molar refractivity (Wildman–Crippen MR) is 56.9 cm³/mol. The van der Waals surface area contributed by atoms with Crippen molar-refractivity contribution in [2.75, 3.05) is 0 Å². The Balaban J connectivity index is 2.37. The SMILES string of the molecule is N#CCc1cccc(-c2cccs2)n1. The summed E-state index contributed by atoms with van der Waals surface area (Å²) in [5.74, 6) is 0. The van der Waals surface area contributed by atoms with Crippen LogP contribution in [0.3, 0.4) is 0 Å². The van der Waals surface area contributed by atoms with Crippen molar-refractivity contribution >= 4 is 11.3 Å². The van der Waals surface area contributed by atoms with Crippen LogP contribution in [0.2, 0.25) is 0 Å². The summed E-state index contributed by atoms with van der Waals surface area (Å²) in [4.78, 5) is 5.54. The van der Waals surface area contributed by atoms with Crippen LogP contribution in [0.4, 0.5) is 0 Å². The van der Waals surface area contributed by atoms with Crippen LogP contribution in [0.15, 0.2) is 35.7 Å². The van der Waals surface area contributed by atoms with Crippen LogP contribution in [0.5, 0.6) is 0 Å². The highest BCUT2D eigenvalue weighted by Crippen LogP contribution is 2.22. The van der Waals surface area contributed by atoms with Gasteiger partial charge in [-0.3, -0.25) is 4.98 Å². The van der Waals surface area contributed by atoms with Crippen LogP contribution >= 0.6 is 11.3 Å². The maximum Gasteiger partial charge on any atom is 0.0805 e. The Bertz CT molecular complexity index is 454. The van der Waals surface area contributed by atoms with Crippen molar-refractivity contribution < 1.29 is 0 Å². The lowest BCUT2D eigenvalue weighted by Crippen LogP contribution is -1.88. The molecule has 14 heavy (non-hydrogen) atoms. The second kappa shape index (κ2) is 4.03. The molecule has 0 saturated heterocycles. The lowest BCUT2D eigenvalue weighted by molar-refractivity contribution is 1.12. The second-order valence-corrected chi connectivity index (χ2v) is 3.77. The van der Waals surface area contributed by atoms with Gasteiger partial charge in [0.15, 0.2) is 0 Å². The molecule has 0 unspecified atom stereocenters. The Kier molecular flexibility index (Phi) is 2.57. The zero-order valence-corrected chi connectivity index (χ0v) is 8.29. The van der Waals surface area contributed by atoms with Gasteiger partial charge < -0.3 is 0 Å². The normalized spacial score (nSPS) is 9.64. The fourth-order valence-corrected chi connectivity index (χ4v) is 1.92. The molecule has 2 heterocycles. The fraction of sp³-hybridized carbons (Fsp3) is 0.0909. The van der Waals surface area contributed by atoms with Crippen LogP contribution in [0.1, 0.15) is 5.69 Å². The molecule has 2 aromatic heterocycles. The summed E-state index contributed by atoms with van der Waals surface area (Å²) < 4.78 is 0. The number of aromatic nitrogens is 1. The summed E-state index contributed by atoms with van der Waals surface area (Å²) in [5.41, 5.74) is 1.78. The minimum Gasteiger partial charge on any atom is -0.251 e. The predicted octanol–water partition coefficient (Wildman–Crippen LogP) is 2.88. The van der Waals surface area contributed by atoms with Crippen LogP contribution in [0, 0.1) is 11.3 Å². The third-order valence-corrected chi connectivity index (χ3v) is 2.73. The number of hydrogen-bond acceptors (Lipinski definition) is 3. The molecule has 0 spiro atoms. The largest absolute Gasteiger partial charge is 0.251 e. The molecule has 3 heteroatoms.